The van der Waals surface area contributed by atoms with Gasteiger partial charge in [-0.2, -0.15) is 5.26 Å². The average Bonchev–Trinajstić information content (AvgIpc) is 2.63. The monoisotopic (exact) mass is 323 g/mol. The van der Waals surface area contributed by atoms with Crippen molar-refractivity contribution in [2.24, 2.45) is 0 Å². The lowest BCUT2D eigenvalue weighted by molar-refractivity contribution is 0.0746. The molecule has 5 heteroatoms. The molecule has 24 heavy (non-hydrogen) atoms. The number of aryl methyl sites for hydroxylation is 1. The Labute approximate surface area is 140 Å². The van der Waals surface area contributed by atoms with Crippen LogP contribution in [0.15, 0.2) is 42.5 Å². The molecule has 0 bridgehead atoms. The summed E-state index contributed by atoms with van der Waals surface area (Å²) in [5, 5.41) is 8.97. The van der Waals surface area contributed by atoms with Crippen molar-refractivity contribution >= 4 is 11.6 Å². The van der Waals surface area contributed by atoms with Crippen LogP contribution in [0, 0.1) is 24.1 Å². The molecule has 2 aromatic carbocycles. The second-order valence-electron chi connectivity index (χ2n) is 5.88. The van der Waals surface area contributed by atoms with E-state index in [9.17, 15) is 9.18 Å². The van der Waals surface area contributed by atoms with Gasteiger partial charge in [0.05, 0.1) is 17.3 Å². The van der Waals surface area contributed by atoms with Crippen LogP contribution >= 0.6 is 0 Å². The van der Waals surface area contributed by atoms with Crippen LogP contribution in [0.3, 0.4) is 0 Å². The number of hydrogen-bond donors (Lipinski definition) is 0. The number of benzene rings is 2. The smallest absolute Gasteiger partial charge is 0.253 e. The van der Waals surface area contributed by atoms with E-state index in [1.807, 2.05) is 29.2 Å². The summed E-state index contributed by atoms with van der Waals surface area (Å²) in [6, 6.07) is 14.2. The quantitative estimate of drug-likeness (QED) is 0.853. The lowest BCUT2D eigenvalue weighted by Gasteiger charge is -2.36. The van der Waals surface area contributed by atoms with Gasteiger partial charge in [0.25, 0.3) is 5.91 Å². The zero-order valence-corrected chi connectivity index (χ0v) is 13.5. The van der Waals surface area contributed by atoms with E-state index in [0.717, 1.165) is 5.56 Å². The number of nitrogens with zero attached hydrogens (tertiary/aromatic N) is 3. The van der Waals surface area contributed by atoms with Gasteiger partial charge in [0.15, 0.2) is 0 Å². The van der Waals surface area contributed by atoms with Gasteiger partial charge in [-0.25, -0.2) is 4.39 Å². The first kappa shape index (κ1) is 16.0. The lowest BCUT2D eigenvalue weighted by atomic mass is 10.1. The molecule has 1 heterocycles. The van der Waals surface area contributed by atoms with Crippen LogP contribution < -0.4 is 4.90 Å². The molecule has 1 aliphatic heterocycles. The molecule has 0 radical (unpaired) electrons. The maximum Gasteiger partial charge on any atom is 0.253 e. The summed E-state index contributed by atoms with van der Waals surface area (Å²) < 4.78 is 14.2. The third-order valence-corrected chi connectivity index (χ3v) is 4.34. The molecule has 122 valence electrons. The van der Waals surface area contributed by atoms with Crippen molar-refractivity contribution in [2.45, 2.75) is 6.92 Å². The van der Waals surface area contributed by atoms with Crippen LogP contribution in [0.4, 0.5) is 10.1 Å². The average molecular weight is 323 g/mol. The molecule has 1 fully saturated rings. The third kappa shape index (κ3) is 3.09. The Hall–Kier alpha value is -2.87. The summed E-state index contributed by atoms with van der Waals surface area (Å²) in [6.07, 6.45) is 0. The van der Waals surface area contributed by atoms with Gasteiger partial charge in [0.2, 0.25) is 0 Å². The SMILES string of the molecule is Cc1cc(N2CCN(C(=O)c3ccccc3)CC2)c(F)cc1C#N. The van der Waals surface area contributed by atoms with E-state index in [2.05, 4.69) is 0 Å². The summed E-state index contributed by atoms with van der Waals surface area (Å²) in [5.74, 6) is -0.383. The van der Waals surface area contributed by atoms with Crippen molar-refractivity contribution in [3.63, 3.8) is 0 Å². The molecule has 0 atom stereocenters. The minimum atomic E-state index is -0.389. The number of hydrogen-bond acceptors (Lipinski definition) is 3. The second-order valence-corrected chi connectivity index (χ2v) is 5.88. The highest BCUT2D eigenvalue weighted by molar-refractivity contribution is 5.94. The van der Waals surface area contributed by atoms with Gasteiger partial charge < -0.3 is 9.80 Å². The maximum absolute atomic E-state index is 14.2. The van der Waals surface area contributed by atoms with Gasteiger partial charge in [-0.15, -0.1) is 0 Å². The Balaban J connectivity index is 1.71. The van der Waals surface area contributed by atoms with Crippen LogP contribution in [0.5, 0.6) is 0 Å². The Morgan fingerprint density at radius 3 is 2.42 bits per heavy atom. The van der Waals surface area contributed by atoms with Gasteiger partial charge in [0, 0.05) is 31.7 Å². The van der Waals surface area contributed by atoms with E-state index in [4.69, 9.17) is 5.26 Å². The number of piperazine rings is 1. The van der Waals surface area contributed by atoms with Gasteiger partial charge >= 0.3 is 0 Å². The van der Waals surface area contributed by atoms with E-state index in [1.165, 1.54) is 6.07 Å². The number of nitriles is 1. The summed E-state index contributed by atoms with van der Waals surface area (Å²) in [5.41, 5.74) is 2.29. The molecule has 0 N–H and O–H groups in total. The summed E-state index contributed by atoms with van der Waals surface area (Å²) in [6.45, 7) is 4.04. The van der Waals surface area contributed by atoms with Crippen molar-refractivity contribution in [3.05, 3.63) is 65.0 Å². The first-order chi connectivity index (χ1) is 11.6. The molecule has 3 rings (SSSR count). The predicted molar refractivity (Wildman–Crippen MR) is 90.4 cm³/mol. The Kier molecular flexibility index (Phi) is 4.48. The molecule has 1 amide bonds. The second kappa shape index (κ2) is 6.71. The molecule has 0 spiro atoms. The standard InChI is InChI=1S/C19H18FN3O/c1-14-11-18(17(20)12-16(14)13-21)22-7-9-23(10-8-22)19(24)15-5-3-2-4-6-15/h2-6,11-12H,7-10H2,1H3. The highest BCUT2D eigenvalue weighted by Gasteiger charge is 2.24. The van der Waals surface area contributed by atoms with Crippen molar-refractivity contribution in [3.8, 4) is 6.07 Å². The topological polar surface area (TPSA) is 47.3 Å². The number of anilines is 1. The lowest BCUT2D eigenvalue weighted by Crippen LogP contribution is -2.49. The summed E-state index contributed by atoms with van der Waals surface area (Å²) >= 11 is 0. The summed E-state index contributed by atoms with van der Waals surface area (Å²) in [7, 11) is 0. The van der Waals surface area contributed by atoms with E-state index >= 15 is 0 Å². The molecule has 0 saturated carbocycles. The van der Waals surface area contributed by atoms with E-state index in [-0.39, 0.29) is 11.7 Å². The van der Waals surface area contributed by atoms with E-state index in [0.29, 0.717) is 43.0 Å². The van der Waals surface area contributed by atoms with Gasteiger partial charge in [0.1, 0.15) is 5.82 Å². The Morgan fingerprint density at radius 2 is 1.79 bits per heavy atom. The zero-order valence-electron chi connectivity index (χ0n) is 13.5. The van der Waals surface area contributed by atoms with Crippen molar-refractivity contribution < 1.29 is 9.18 Å². The van der Waals surface area contributed by atoms with Gasteiger partial charge in [-0.3, -0.25) is 4.79 Å². The first-order valence-electron chi connectivity index (χ1n) is 7.89. The number of amides is 1. The fourth-order valence-corrected chi connectivity index (χ4v) is 2.94. The molecular weight excluding hydrogens is 305 g/mol. The highest BCUT2D eigenvalue weighted by Crippen LogP contribution is 2.25. The largest absolute Gasteiger partial charge is 0.366 e. The molecular formula is C19H18FN3O. The van der Waals surface area contributed by atoms with Crippen molar-refractivity contribution in [2.75, 3.05) is 31.1 Å². The maximum atomic E-state index is 14.2. The van der Waals surface area contributed by atoms with E-state index < -0.39 is 0 Å². The molecule has 2 aromatic rings. The Morgan fingerprint density at radius 1 is 1.12 bits per heavy atom. The van der Waals surface area contributed by atoms with Crippen molar-refractivity contribution in [1.29, 1.82) is 5.26 Å². The molecule has 0 aromatic heterocycles. The van der Waals surface area contributed by atoms with Gasteiger partial charge in [-0.1, -0.05) is 18.2 Å². The zero-order chi connectivity index (χ0) is 17.1. The number of halogens is 1. The molecule has 4 nitrogen and oxygen atoms in total. The normalized spacial score (nSPS) is 14.4. The van der Waals surface area contributed by atoms with Crippen LogP contribution in [0.1, 0.15) is 21.5 Å². The molecule has 0 aliphatic carbocycles. The van der Waals surface area contributed by atoms with Crippen LogP contribution in [0.25, 0.3) is 0 Å². The van der Waals surface area contributed by atoms with E-state index in [1.54, 1.807) is 30.0 Å². The molecule has 0 unspecified atom stereocenters. The molecule has 1 saturated heterocycles. The third-order valence-electron chi connectivity index (χ3n) is 4.34. The van der Waals surface area contributed by atoms with Crippen LogP contribution in [-0.4, -0.2) is 37.0 Å². The Bertz CT molecular complexity index is 790. The fourth-order valence-electron chi connectivity index (χ4n) is 2.94. The highest BCUT2D eigenvalue weighted by atomic mass is 19.1. The van der Waals surface area contributed by atoms with Crippen LogP contribution in [0.2, 0.25) is 0 Å². The van der Waals surface area contributed by atoms with Gasteiger partial charge in [-0.05, 0) is 36.8 Å². The minimum Gasteiger partial charge on any atom is -0.366 e. The fraction of sp³-hybridized carbons (Fsp3) is 0.263. The molecule has 1 aliphatic rings. The summed E-state index contributed by atoms with van der Waals surface area (Å²) in [4.78, 5) is 16.2. The first-order valence-corrected chi connectivity index (χ1v) is 7.89. The number of carbonyl (C=O) groups is 1. The van der Waals surface area contributed by atoms with Crippen molar-refractivity contribution in [1.82, 2.24) is 4.90 Å². The number of carbonyl (C=O) groups excluding carboxylic acids is 1. The minimum absolute atomic E-state index is 0.00623. The number of rotatable bonds is 2. The van der Waals surface area contributed by atoms with Crippen LogP contribution in [-0.2, 0) is 0 Å². The predicted octanol–water partition coefficient (Wildman–Crippen LogP) is 2.97.